The van der Waals surface area contributed by atoms with E-state index in [4.69, 9.17) is 14.9 Å². The second kappa shape index (κ2) is 16.1. The van der Waals surface area contributed by atoms with Crippen LogP contribution in [-0.2, 0) is 19.4 Å². The summed E-state index contributed by atoms with van der Waals surface area (Å²) in [7, 11) is 0. The van der Waals surface area contributed by atoms with Crippen LogP contribution in [-0.4, -0.2) is 30.1 Å². The Hall–Kier alpha value is -0.940. The molecule has 0 atom stereocenters. The lowest BCUT2D eigenvalue weighted by atomic mass is 10.2. The molecule has 0 heterocycles. The first-order chi connectivity index (χ1) is 8.54. The van der Waals surface area contributed by atoms with Crippen LogP contribution in [0.25, 0.3) is 0 Å². The van der Waals surface area contributed by atoms with Crippen LogP contribution in [0.4, 0.5) is 0 Å². The summed E-state index contributed by atoms with van der Waals surface area (Å²) in [6, 6.07) is 0. The van der Waals surface area contributed by atoms with E-state index in [0.29, 0.717) is 0 Å². The summed E-state index contributed by atoms with van der Waals surface area (Å²) in [6.07, 6.45) is 4.61. The van der Waals surface area contributed by atoms with Gasteiger partial charge in [-0.1, -0.05) is 26.7 Å². The quantitative estimate of drug-likeness (QED) is 0.372. The van der Waals surface area contributed by atoms with E-state index in [1.165, 1.54) is 6.92 Å². The molecule has 0 aromatic heterocycles. The molecule has 108 valence electrons. The minimum atomic E-state index is -0.916. The number of ketones is 1. The number of unbranched alkanes of at least 4 members (excludes halogenated alkanes) is 2. The first kappa shape index (κ1) is 19.4. The van der Waals surface area contributed by atoms with Gasteiger partial charge in [0.1, 0.15) is 5.78 Å². The fraction of sp³-hybridized carbons (Fsp3) is 0.846. The molecule has 18 heavy (non-hydrogen) atoms. The molecule has 0 saturated heterocycles. The second-order valence-corrected chi connectivity index (χ2v) is 3.95. The van der Waals surface area contributed by atoms with E-state index < -0.39 is 5.97 Å². The molecule has 0 saturated carbocycles. The zero-order chi connectivity index (χ0) is 14.2. The predicted octanol–water partition coefficient (Wildman–Crippen LogP) is 2.98. The highest BCUT2D eigenvalue weighted by atomic mass is 17.2. The number of carbonyl (C=O) groups is 2. The van der Waals surface area contributed by atoms with Crippen LogP contribution < -0.4 is 0 Å². The Balaban J connectivity index is 0. The maximum atomic E-state index is 10.1. The van der Waals surface area contributed by atoms with Crippen LogP contribution in [0.2, 0.25) is 0 Å². The number of hydrogen-bond acceptors (Lipinski definition) is 4. The van der Waals surface area contributed by atoms with Crippen molar-refractivity contribution < 1.29 is 24.5 Å². The zero-order valence-corrected chi connectivity index (χ0v) is 11.7. The molecule has 0 aliphatic rings. The highest BCUT2D eigenvalue weighted by Crippen LogP contribution is 1.91. The molecule has 0 rings (SSSR count). The number of carbonyl (C=O) groups excluding carboxylic acids is 1. The predicted molar refractivity (Wildman–Crippen MR) is 69.3 cm³/mol. The molecular formula is C13H26O5. The Morgan fingerprint density at radius 2 is 1.39 bits per heavy atom. The van der Waals surface area contributed by atoms with Crippen molar-refractivity contribution >= 4 is 11.8 Å². The minimum Gasteiger partial charge on any atom is -0.481 e. The molecule has 5 nitrogen and oxygen atoms in total. The summed E-state index contributed by atoms with van der Waals surface area (Å²) in [5.74, 6) is -0.993. The number of Topliss-reactive ketones (excluding diaryl/α,β-unsaturated/α-hetero) is 1. The fourth-order valence-electron chi connectivity index (χ4n) is 0.807. The summed E-state index contributed by atoms with van der Waals surface area (Å²) in [5.41, 5.74) is 0. The monoisotopic (exact) mass is 262 g/mol. The Morgan fingerprint density at radius 1 is 0.944 bits per heavy atom. The molecule has 5 heteroatoms. The average Bonchev–Trinajstić information content (AvgIpc) is 2.32. The van der Waals surface area contributed by atoms with Crippen LogP contribution in [0.1, 0.15) is 59.3 Å². The lowest BCUT2D eigenvalue weighted by Crippen LogP contribution is -1.98. The summed E-state index contributed by atoms with van der Waals surface area (Å²) in [5, 5.41) is 8.01. The average molecular weight is 262 g/mol. The van der Waals surface area contributed by atoms with Gasteiger partial charge in [0, 0.05) is 6.42 Å². The van der Waals surface area contributed by atoms with Crippen molar-refractivity contribution in [1.29, 1.82) is 0 Å². The summed E-state index contributed by atoms with van der Waals surface area (Å²) in [4.78, 5) is 29.6. The smallest absolute Gasteiger partial charge is 0.303 e. The number of hydrogen-bond donors (Lipinski definition) is 1. The van der Waals surface area contributed by atoms with Crippen molar-refractivity contribution in [2.75, 3.05) is 13.2 Å². The third-order valence-electron chi connectivity index (χ3n) is 1.94. The van der Waals surface area contributed by atoms with E-state index in [1.807, 2.05) is 0 Å². The van der Waals surface area contributed by atoms with E-state index in [1.54, 1.807) is 0 Å². The van der Waals surface area contributed by atoms with Crippen LogP contribution in [0.3, 0.4) is 0 Å². The molecule has 0 aliphatic carbocycles. The van der Waals surface area contributed by atoms with Gasteiger partial charge in [-0.3, -0.25) is 4.79 Å². The molecule has 0 radical (unpaired) electrons. The van der Waals surface area contributed by atoms with Crippen molar-refractivity contribution in [2.24, 2.45) is 0 Å². The third-order valence-corrected chi connectivity index (χ3v) is 1.94. The van der Waals surface area contributed by atoms with Gasteiger partial charge in [-0.2, -0.15) is 0 Å². The Morgan fingerprint density at radius 3 is 1.61 bits per heavy atom. The SMILES string of the molecule is CC(=O)CCC(=O)O.CCCCOOCCCC. The van der Waals surface area contributed by atoms with Crippen molar-refractivity contribution in [3.8, 4) is 0 Å². The van der Waals surface area contributed by atoms with Gasteiger partial charge in [0.2, 0.25) is 0 Å². The van der Waals surface area contributed by atoms with E-state index in [2.05, 4.69) is 13.8 Å². The molecule has 0 aromatic carbocycles. The molecule has 0 fully saturated rings. The molecule has 0 bridgehead atoms. The van der Waals surface area contributed by atoms with Crippen LogP contribution in [0.5, 0.6) is 0 Å². The van der Waals surface area contributed by atoms with Crippen LogP contribution in [0, 0.1) is 0 Å². The largest absolute Gasteiger partial charge is 0.481 e. The number of carboxylic acids is 1. The first-order valence-corrected chi connectivity index (χ1v) is 6.50. The lowest BCUT2D eigenvalue weighted by molar-refractivity contribution is -0.295. The summed E-state index contributed by atoms with van der Waals surface area (Å²) in [6.45, 7) is 7.12. The maximum Gasteiger partial charge on any atom is 0.303 e. The Kier molecular flexibility index (Phi) is 17.3. The molecular weight excluding hydrogens is 236 g/mol. The Bertz CT molecular complexity index is 182. The van der Waals surface area contributed by atoms with Crippen LogP contribution >= 0.6 is 0 Å². The molecule has 0 unspecified atom stereocenters. The van der Waals surface area contributed by atoms with Gasteiger partial charge in [0.15, 0.2) is 0 Å². The van der Waals surface area contributed by atoms with E-state index in [-0.39, 0.29) is 18.6 Å². The second-order valence-electron chi connectivity index (χ2n) is 3.95. The topological polar surface area (TPSA) is 72.8 Å². The van der Waals surface area contributed by atoms with Gasteiger partial charge in [0.25, 0.3) is 0 Å². The van der Waals surface area contributed by atoms with Gasteiger partial charge < -0.3 is 9.90 Å². The minimum absolute atomic E-state index is 0.0463. The standard InChI is InChI=1S/C8H18O2.C5H8O3/c1-3-5-7-9-10-8-6-4-2;1-4(6)2-3-5(7)8/h3-8H2,1-2H3;2-3H2,1H3,(H,7,8). The van der Waals surface area contributed by atoms with E-state index >= 15 is 0 Å². The zero-order valence-electron chi connectivity index (χ0n) is 11.7. The highest BCUT2D eigenvalue weighted by Gasteiger charge is 1.97. The highest BCUT2D eigenvalue weighted by molar-refractivity contribution is 5.80. The van der Waals surface area contributed by atoms with Gasteiger partial charge >= 0.3 is 5.97 Å². The van der Waals surface area contributed by atoms with Gasteiger partial charge in [-0.25, -0.2) is 9.78 Å². The van der Waals surface area contributed by atoms with Gasteiger partial charge in [-0.05, 0) is 19.8 Å². The maximum absolute atomic E-state index is 10.1. The van der Waals surface area contributed by atoms with E-state index in [0.717, 1.165) is 38.9 Å². The first-order valence-electron chi connectivity index (χ1n) is 6.50. The summed E-state index contributed by atoms with van der Waals surface area (Å²) >= 11 is 0. The molecule has 1 N–H and O–H groups in total. The van der Waals surface area contributed by atoms with Crippen molar-refractivity contribution in [3.63, 3.8) is 0 Å². The van der Waals surface area contributed by atoms with Crippen molar-refractivity contribution in [1.82, 2.24) is 0 Å². The normalized spacial score (nSPS) is 9.50. The number of aliphatic carboxylic acids is 1. The van der Waals surface area contributed by atoms with E-state index in [9.17, 15) is 9.59 Å². The van der Waals surface area contributed by atoms with Gasteiger partial charge in [0.05, 0.1) is 19.6 Å². The third kappa shape index (κ3) is 24.3. The van der Waals surface area contributed by atoms with Gasteiger partial charge in [-0.15, -0.1) is 0 Å². The molecule has 0 amide bonds. The number of rotatable bonds is 10. The number of carboxylic acid groups (broad SMARTS) is 1. The lowest BCUT2D eigenvalue weighted by Gasteiger charge is -2.00. The molecule has 0 aromatic rings. The molecule has 0 aliphatic heterocycles. The fourth-order valence-corrected chi connectivity index (χ4v) is 0.807. The van der Waals surface area contributed by atoms with Crippen molar-refractivity contribution in [3.05, 3.63) is 0 Å². The molecule has 0 spiro atoms. The summed E-state index contributed by atoms with van der Waals surface area (Å²) < 4.78 is 0. The van der Waals surface area contributed by atoms with Crippen molar-refractivity contribution in [2.45, 2.75) is 59.3 Å². The Labute approximate surface area is 109 Å². The van der Waals surface area contributed by atoms with Crippen LogP contribution in [0.15, 0.2) is 0 Å².